The van der Waals surface area contributed by atoms with Gasteiger partial charge in [-0.05, 0) is 31.1 Å². The number of guanidine groups is 1. The number of likely N-dealkylation sites (N-methyl/N-ethyl adjacent to an activating group) is 1. The molecule has 2 fully saturated rings. The highest BCUT2D eigenvalue weighted by molar-refractivity contribution is 14.0. The number of ether oxygens (including phenoxy) is 1. The van der Waals surface area contributed by atoms with E-state index in [4.69, 9.17) is 10.5 Å². The molecule has 29 heavy (non-hydrogen) atoms. The van der Waals surface area contributed by atoms with Crippen molar-refractivity contribution in [3.05, 3.63) is 23.9 Å². The van der Waals surface area contributed by atoms with Gasteiger partial charge in [0.25, 0.3) is 0 Å². The SMILES string of the molecule is CCN1CCN(c2ccc(CN=C(N)NCCCN3CCOCC3)cn2)CC1.I. The molecule has 0 amide bonds. The van der Waals surface area contributed by atoms with Gasteiger partial charge in [-0.3, -0.25) is 4.90 Å². The van der Waals surface area contributed by atoms with Crippen LogP contribution >= 0.6 is 24.0 Å². The van der Waals surface area contributed by atoms with Crippen LogP contribution in [0.15, 0.2) is 23.3 Å². The minimum Gasteiger partial charge on any atom is -0.379 e. The summed E-state index contributed by atoms with van der Waals surface area (Å²) < 4.78 is 5.36. The van der Waals surface area contributed by atoms with E-state index >= 15 is 0 Å². The van der Waals surface area contributed by atoms with Gasteiger partial charge in [0.15, 0.2) is 5.96 Å². The Labute approximate surface area is 191 Å². The van der Waals surface area contributed by atoms with Crippen molar-refractivity contribution in [2.45, 2.75) is 19.9 Å². The van der Waals surface area contributed by atoms with Crippen LogP contribution in [0.1, 0.15) is 18.9 Å². The van der Waals surface area contributed by atoms with Crippen molar-refractivity contribution in [3.63, 3.8) is 0 Å². The summed E-state index contributed by atoms with van der Waals surface area (Å²) in [4.78, 5) is 16.3. The van der Waals surface area contributed by atoms with Gasteiger partial charge in [-0.1, -0.05) is 13.0 Å². The van der Waals surface area contributed by atoms with Crippen LogP contribution in [0.4, 0.5) is 5.82 Å². The Hall–Kier alpha value is -1.17. The first-order valence-electron chi connectivity index (χ1n) is 10.5. The van der Waals surface area contributed by atoms with Crippen molar-refractivity contribution in [2.75, 3.05) is 77.0 Å². The number of nitrogens with two attached hydrogens (primary N) is 1. The van der Waals surface area contributed by atoms with Crippen LogP contribution in [0.3, 0.4) is 0 Å². The second kappa shape index (κ2) is 13.2. The summed E-state index contributed by atoms with van der Waals surface area (Å²) in [6, 6.07) is 4.20. The van der Waals surface area contributed by atoms with Gasteiger partial charge in [-0.15, -0.1) is 24.0 Å². The van der Waals surface area contributed by atoms with Gasteiger partial charge in [0.1, 0.15) is 5.82 Å². The number of morpholine rings is 1. The molecule has 0 bridgehead atoms. The van der Waals surface area contributed by atoms with Crippen LogP contribution in [0.5, 0.6) is 0 Å². The van der Waals surface area contributed by atoms with Gasteiger partial charge in [-0.2, -0.15) is 0 Å². The number of hydrogen-bond donors (Lipinski definition) is 2. The van der Waals surface area contributed by atoms with Crippen LogP contribution in [-0.4, -0.2) is 92.9 Å². The minimum absolute atomic E-state index is 0. The maximum atomic E-state index is 5.99. The van der Waals surface area contributed by atoms with Gasteiger partial charge in [-0.25, -0.2) is 9.98 Å². The fourth-order valence-corrected chi connectivity index (χ4v) is 3.57. The minimum atomic E-state index is 0. The Morgan fingerprint density at radius 1 is 1.14 bits per heavy atom. The standard InChI is InChI=1S/C20H35N7O.HI/c1-2-25-8-10-27(11-9-25)19-5-4-18(16-23-19)17-24-20(21)22-6-3-7-26-12-14-28-15-13-26;/h4-5,16H,2-3,6-15,17H2,1H3,(H3,21,22,24);1H. The third kappa shape index (κ3) is 8.23. The number of hydrogen-bond acceptors (Lipinski definition) is 6. The molecular weight excluding hydrogens is 481 g/mol. The monoisotopic (exact) mass is 517 g/mol. The number of pyridine rings is 1. The van der Waals surface area contributed by atoms with Crippen molar-refractivity contribution >= 4 is 35.8 Å². The zero-order valence-electron chi connectivity index (χ0n) is 17.6. The summed E-state index contributed by atoms with van der Waals surface area (Å²) in [5.41, 5.74) is 7.06. The molecule has 2 aliphatic heterocycles. The van der Waals surface area contributed by atoms with E-state index in [0.717, 1.165) is 89.9 Å². The highest BCUT2D eigenvalue weighted by Crippen LogP contribution is 2.14. The lowest BCUT2D eigenvalue weighted by Gasteiger charge is -2.34. The molecule has 0 spiro atoms. The van der Waals surface area contributed by atoms with E-state index in [2.05, 4.69) is 49.0 Å². The number of halogens is 1. The van der Waals surface area contributed by atoms with Gasteiger partial charge in [0, 0.05) is 52.0 Å². The number of anilines is 1. The maximum absolute atomic E-state index is 5.99. The molecule has 0 aromatic carbocycles. The second-order valence-electron chi connectivity index (χ2n) is 7.38. The first-order chi connectivity index (χ1) is 13.7. The molecule has 164 valence electrons. The van der Waals surface area contributed by atoms with E-state index in [1.807, 2.05) is 6.20 Å². The number of piperazine rings is 1. The molecule has 9 heteroatoms. The molecule has 0 aliphatic carbocycles. The molecule has 1 aromatic heterocycles. The Kier molecular flexibility index (Phi) is 11.0. The second-order valence-corrected chi connectivity index (χ2v) is 7.38. The van der Waals surface area contributed by atoms with Crippen molar-refractivity contribution in [3.8, 4) is 0 Å². The number of nitrogens with zero attached hydrogens (tertiary/aromatic N) is 5. The molecule has 2 aliphatic rings. The van der Waals surface area contributed by atoms with Crippen molar-refractivity contribution < 1.29 is 4.74 Å². The highest BCUT2D eigenvalue weighted by Gasteiger charge is 2.16. The van der Waals surface area contributed by atoms with Gasteiger partial charge < -0.3 is 25.6 Å². The molecule has 0 radical (unpaired) electrons. The van der Waals surface area contributed by atoms with Crippen LogP contribution in [0.2, 0.25) is 0 Å². The molecule has 2 saturated heterocycles. The number of aliphatic imine (C=N–C) groups is 1. The fraction of sp³-hybridized carbons (Fsp3) is 0.700. The summed E-state index contributed by atoms with van der Waals surface area (Å²) in [6.45, 7) is 13.9. The quantitative estimate of drug-likeness (QED) is 0.230. The Morgan fingerprint density at radius 2 is 1.90 bits per heavy atom. The van der Waals surface area contributed by atoms with Crippen molar-refractivity contribution in [1.29, 1.82) is 0 Å². The molecule has 0 unspecified atom stereocenters. The summed E-state index contributed by atoms with van der Waals surface area (Å²) in [6.07, 6.45) is 2.97. The topological polar surface area (TPSA) is 82.2 Å². The summed E-state index contributed by atoms with van der Waals surface area (Å²) in [5, 5.41) is 3.20. The molecule has 3 rings (SSSR count). The number of nitrogens with one attached hydrogen (secondary N) is 1. The van der Waals surface area contributed by atoms with E-state index < -0.39 is 0 Å². The summed E-state index contributed by atoms with van der Waals surface area (Å²) >= 11 is 0. The molecule has 8 nitrogen and oxygen atoms in total. The number of rotatable bonds is 8. The fourth-order valence-electron chi connectivity index (χ4n) is 3.57. The molecule has 3 N–H and O–H groups in total. The summed E-state index contributed by atoms with van der Waals surface area (Å²) in [7, 11) is 0. The average molecular weight is 517 g/mol. The van der Waals surface area contributed by atoms with E-state index in [0.29, 0.717) is 12.5 Å². The molecule has 3 heterocycles. The zero-order valence-corrected chi connectivity index (χ0v) is 19.9. The van der Waals surface area contributed by atoms with Crippen LogP contribution in [-0.2, 0) is 11.3 Å². The first kappa shape index (κ1) is 24.1. The van der Waals surface area contributed by atoms with Crippen molar-refractivity contribution in [1.82, 2.24) is 20.1 Å². The van der Waals surface area contributed by atoms with Gasteiger partial charge in [0.2, 0.25) is 0 Å². The third-order valence-corrected chi connectivity index (χ3v) is 5.45. The highest BCUT2D eigenvalue weighted by atomic mass is 127. The zero-order chi connectivity index (χ0) is 19.6. The lowest BCUT2D eigenvalue weighted by Crippen LogP contribution is -2.46. The normalized spacial score (nSPS) is 19.1. The predicted molar refractivity (Wildman–Crippen MR) is 129 cm³/mol. The largest absolute Gasteiger partial charge is 0.379 e. The smallest absolute Gasteiger partial charge is 0.188 e. The molecule has 0 saturated carbocycles. The van der Waals surface area contributed by atoms with Gasteiger partial charge in [0.05, 0.1) is 19.8 Å². The molecule has 1 aromatic rings. The van der Waals surface area contributed by atoms with Crippen LogP contribution in [0.25, 0.3) is 0 Å². The number of aromatic nitrogens is 1. The van der Waals surface area contributed by atoms with E-state index in [1.54, 1.807) is 0 Å². The average Bonchev–Trinajstić information content (AvgIpc) is 2.76. The van der Waals surface area contributed by atoms with Crippen LogP contribution < -0.4 is 16.0 Å². The van der Waals surface area contributed by atoms with E-state index in [1.165, 1.54) is 0 Å². The molecular formula is C20H36IN7O. The lowest BCUT2D eigenvalue weighted by atomic mass is 10.2. The summed E-state index contributed by atoms with van der Waals surface area (Å²) in [5.74, 6) is 1.56. The third-order valence-electron chi connectivity index (χ3n) is 5.45. The van der Waals surface area contributed by atoms with Crippen molar-refractivity contribution in [2.24, 2.45) is 10.7 Å². The Bertz CT molecular complexity index is 599. The lowest BCUT2D eigenvalue weighted by molar-refractivity contribution is 0.0376. The first-order valence-corrected chi connectivity index (χ1v) is 10.5. The van der Waals surface area contributed by atoms with E-state index in [-0.39, 0.29) is 24.0 Å². The van der Waals surface area contributed by atoms with Gasteiger partial charge >= 0.3 is 0 Å². The maximum Gasteiger partial charge on any atom is 0.188 e. The van der Waals surface area contributed by atoms with Crippen LogP contribution in [0, 0.1) is 0 Å². The molecule has 0 atom stereocenters. The van der Waals surface area contributed by atoms with E-state index in [9.17, 15) is 0 Å². The Morgan fingerprint density at radius 3 is 2.55 bits per heavy atom. The Balaban J connectivity index is 0.00000300. The predicted octanol–water partition coefficient (Wildman–Crippen LogP) is 0.968.